The van der Waals surface area contributed by atoms with Crippen LogP contribution in [0.25, 0.3) is 0 Å². The van der Waals surface area contributed by atoms with Gasteiger partial charge in [0.25, 0.3) is 20.7 Å². The third kappa shape index (κ3) is 1.12. The topological polar surface area (TPSA) is 88.5 Å². The summed E-state index contributed by atoms with van der Waals surface area (Å²) in [5.41, 5.74) is -9.18. The van der Waals surface area contributed by atoms with E-state index >= 15 is 0 Å². The van der Waals surface area contributed by atoms with Gasteiger partial charge < -0.3 is 5.11 Å². The van der Waals surface area contributed by atoms with Gasteiger partial charge in [-0.15, -0.1) is 0 Å². The van der Waals surface area contributed by atoms with E-state index in [1.165, 1.54) is 0 Å². The number of halogens is 3. The Morgan fingerprint density at radius 1 is 1.07 bits per heavy atom. The Hall–Kier alpha value is -1.38. The third-order valence-electron chi connectivity index (χ3n) is 1.42. The van der Waals surface area contributed by atoms with Gasteiger partial charge >= 0.3 is 5.51 Å². The molecule has 78 valence electrons. The van der Waals surface area contributed by atoms with Gasteiger partial charge in [-0.25, -0.2) is 8.42 Å². The highest BCUT2D eigenvalue weighted by molar-refractivity contribution is 7.92. The van der Waals surface area contributed by atoms with Crippen molar-refractivity contribution in [2.45, 2.75) is 10.4 Å². The van der Waals surface area contributed by atoms with Crippen LogP contribution < -0.4 is 10.9 Å². The number of hydrogen-bond donors (Lipinski definition) is 1. The average molecular weight is 230 g/mol. The molecule has 1 aromatic rings. The zero-order chi connectivity index (χ0) is 11.3. The first kappa shape index (κ1) is 10.7. The third-order valence-corrected chi connectivity index (χ3v) is 2.94. The van der Waals surface area contributed by atoms with Crippen molar-refractivity contribution in [2.75, 3.05) is 0 Å². The van der Waals surface area contributed by atoms with Crippen LogP contribution in [0.3, 0.4) is 0 Å². The minimum atomic E-state index is -5.91. The average Bonchev–Trinajstić information content (AvgIpc) is 2.01. The zero-order valence-electron chi connectivity index (χ0n) is 6.12. The first-order chi connectivity index (χ1) is 6.10. The van der Waals surface area contributed by atoms with E-state index in [4.69, 9.17) is 5.11 Å². The van der Waals surface area contributed by atoms with Gasteiger partial charge in [-0.1, -0.05) is 0 Å². The summed E-state index contributed by atoms with van der Waals surface area (Å²) in [5.74, 6) is -1.66. The lowest BCUT2D eigenvalue weighted by Gasteiger charge is -2.09. The van der Waals surface area contributed by atoms with Gasteiger partial charge in [0.2, 0.25) is 0 Å². The normalized spacial score (nSPS) is 13.4. The first-order valence-electron chi connectivity index (χ1n) is 2.94. The molecule has 9 heteroatoms. The summed E-state index contributed by atoms with van der Waals surface area (Å²) in [7, 11) is -5.91. The van der Waals surface area contributed by atoms with Crippen molar-refractivity contribution in [1.82, 2.24) is 0 Å². The van der Waals surface area contributed by atoms with E-state index in [9.17, 15) is 31.2 Å². The monoisotopic (exact) mass is 230 g/mol. The van der Waals surface area contributed by atoms with Gasteiger partial charge in [-0.05, 0) is 0 Å². The Morgan fingerprint density at radius 2 is 1.50 bits per heavy atom. The SMILES string of the molecule is O=c1c(O)c(S(=O)(=O)C(F)(F)F)c1=O. The molecule has 0 unspecified atom stereocenters. The second kappa shape index (κ2) is 2.56. The number of sulfone groups is 1. The molecule has 0 aliphatic heterocycles. The van der Waals surface area contributed by atoms with E-state index in [0.29, 0.717) is 0 Å². The predicted molar refractivity (Wildman–Crippen MR) is 36.3 cm³/mol. The minimum Gasteiger partial charge on any atom is -0.503 e. The van der Waals surface area contributed by atoms with Crippen molar-refractivity contribution in [3.8, 4) is 5.75 Å². The molecular weight excluding hydrogens is 229 g/mol. The molecule has 0 aromatic heterocycles. The zero-order valence-corrected chi connectivity index (χ0v) is 6.94. The summed E-state index contributed by atoms with van der Waals surface area (Å²) in [4.78, 5) is 18.8. The van der Waals surface area contributed by atoms with Crippen molar-refractivity contribution in [2.24, 2.45) is 0 Å². The van der Waals surface area contributed by atoms with Crippen molar-refractivity contribution in [1.29, 1.82) is 0 Å². The van der Waals surface area contributed by atoms with Gasteiger partial charge in [-0.2, -0.15) is 13.2 Å². The van der Waals surface area contributed by atoms with Crippen LogP contribution in [0.2, 0.25) is 0 Å². The summed E-state index contributed by atoms with van der Waals surface area (Å²) >= 11 is 0. The Bertz CT molecular complexity index is 545. The van der Waals surface area contributed by atoms with Crippen molar-refractivity contribution < 1.29 is 26.7 Å². The maximum atomic E-state index is 11.8. The standard InChI is InChI=1S/C5HF3O5S/c6-5(7,8)14(12,13)4-2(10)1(9)3(4)11/h10H. The summed E-state index contributed by atoms with van der Waals surface area (Å²) in [6.07, 6.45) is 0. The highest BCUT2D eigenvalue weighted by Crippen LogP contribution is 2.32. The van der Waals surface area contributed by atoms with E-state index in [0.717, 1.165) is 0 Å². The number of rotatable bonds is 1. The molecule has 0 atom stereocenters. The van der Waals surface area contributed by atoms with E-state index in [-0.39, 0.29) is 0 Å². The lowest BCUT2D eigenvalue weighted by Crippen LogP contribution is -2.40. The number of aromatic hydroxyl groups is 1. The molecule has 1 rings (SSSR count). The van der Waals surface area contributed by atoms with Crippen LogP contribution in [0.1, 0.15) is 0 Å². The van der Waals surface area contributed by atoms with Gasteiger partial charge in [-0.3, -0.25) is 9.59 Å². The molecule has 5 nitrogen and oxygen atoms in total. The second-order valence-corrected chi connectivity index (χ2v) is 4.16. The molecule has 0 fully saturated rings. The fourth-order valence-electron chi connectivity index (χ4n) is 0.724. The Morgan fingerprint density at radius 3 is 1.79 bits per heavy atom. The van der Waals surface area contributed by atoms with Gasteiger partial charge in [0.1, 0.15) is 0 Å². The summed E-state index contributed by atoms with van der Waals surface area (Å²) in [5, 5.41) is 8.48. The Labute approximate surface area is 74.0 Å². The number of hydrogen-bond acceptors (Lipinski definition) is 5. The lowest BCUT2D eigenvalue weighted by atomic mass is 10.3. The molecule has 14 heavy (non-hydrogen) atoms. The lowest BCUT2D eigenvalue weighted by molar-refractivity contribution is -0.0438. The highest BCUT2D eigenvalue weighted by Gasteiger charge is 2.52. The molecule has 1 aromatic carbocycles. The Kier molecular flexibility index (Phi) is 1.96. The molecule has 0 bridgehead atoms. The summed E-state index contributed by atoms with van der Waals surface area (Å²) in [6, 6.07) is 0. The minimum absolute atomic E-state index is 1.63. The van der Waals surface area contributed by atoms with E-state index < -0.39 is 36.8 Å². The van der Waals surface area contributed by atoms with Crippen LogP contribution >= 0.6 is 0 Å². The molecule has 0 amide bonds. The van der Waals surface area contributed by atoms with Crippen LogP contribution in [0.15, 0.2) is 14.5 Å². The summed E-state index contributed by atoms with van der Waals surface area (Å²) < 4.78 is 56.3. The van der Waals surface area contributed by atoms with Gasteiger partial charge in [0, 0.05) is 0 Å². The number of alkyl halides is 3. The highest BCUT2D eigenvalue weighted by atomic mass is 32.2. The van der Waals surface area contributed by atoms with Gasteiger partial charge in [0.05, 0.1) is 0 Å². The molecule has 0 saturated heterocycles. The molecular formula is C5HF3O5S. The molecule has 0 aliphatic rings. The van der Waals surface area contributed by atoms with Crippen molar-refractivity contribution >= 4 is 9.84 Å². The van der Waals surface area contributed by atoms with Gasteiger partial charge in [0.15, 0.2) is 10.6 Å². The fraction of sp³-hybridized carbons (Fsp3) is 0.200. The van der Waals surface area contributed by atoms with Crippen molar-refractivity contribution in [3.63, 3.8) is 0 Å². The smallest absolute Gasteiger partial charge is 0.502 e. The Balaban J connectivity index is 3.51. The first-order valence-corrected chi connectivity index (χ1v) is 4.42. The summed E-state index contributed by atoms with van der Waals surface area (Å²) in [6.45, 7) is 0. The van der Waals surface area contributed by atoms with Crippen LogP contribution in [0.4, 0.5) is 13.2 Å². The molecule has 0 aliphatic carbocycles. The molecule has 0 radical (unpaired) electrons. The quantitative estimate of drug-likeness (QED) is 0.643. The predicted octanol–water partition coefficient (Wildman–Crippen LogP) is -0.718. The van der Waals surface area contributed by atoms with Crippen molar-refractivity contribution in [3.05, 3.63) is 20.4 Å². The maximum Gasteiger partial charge on any atom is 0.502 e. The van der Waals surface area contributed by atoms with E-state index in [1.807, 2.05) is 0 Å². The fourth-order valence-corrected chi connectivity index (χ4v) is 1.64. The van der Waals surface area contributed by atoms with E-state index in [2.05, 4.69) is 0 Å². The van der Waals surface area contributed by atoms with Crippen LogP contribution in [0.5, 0.6) is 5.75 Å². The molecule has 0 heterocycles. The van der Waals surface area contributed by atoms with E-state index in [1.54, 1.807) is 0 Å². The maximum absolute atomic E-state index is 11.8. The molecule has 0 saturated carbocycles. The van der Waals surface area contributed by atoms with Crippen LogP contribution in [-0.4, -0.2) is 19.0 Å². The van der Waals surface area contributed by atoms with Crippen LogP contribution in [0, 0.1) is 0 Å². The van der Waals surface area contributed by atoms with Crippen LogP contribution in [-0.2, 0) is 9.84 Å². The second-order valence-electron chi connectivity index (χ2n) is 2.29. The molecule has 1 N–H and O–H groups in total. The largest absolute Gasteiger partial charge is 0.503 e. The molecule has 0 spiro atoms.